The fourth-order valence-electron chi connectivity index (χ4n) is 1.81. The Morgan fingerprint density at radius 3 is 2.45 bits per heavy atom. The van der Waals surface area contributed by atoms with Gasteiger partial charge in [-0.1, -0.05) is 30.3 Å². The zero-order valence-corrected chi connectivity index (χ0v) is 11.6. The Bertz CT molecular complexity index is 647. The molecule has 0 heterocycles. The number of ether oxygens (including phenoxy) is 1. The van der Waals surface area contributed by atoms with Gasteiger partial charge in [0.1, 0.15) is 6.61 Å². The highest BCUT2D eigenvalue weighted by molar-refractivity contribution is 5.91. The molecule has 0 saturated heterocycles. The first kappa shape index (κ1) is 16.0. The molecule has 116 valence electrons. The van der Waals surface area contributed by atoms with E-state index in [-0.39, 0.29) is 6.61 Å². The standard InChI is InChI=1S/C16H14F3NO2/c17-12-6-7-13(16(19)15(12)18)20-14(21)10-22-9-8-11-4-2-1-3-5-11/h1-7H,8-10H2,(H,20,21). The van der Waals surface area contributed by atoms with Gasteiger partial charge in [0.2, 0.25) is 5.91 Å². The molecule has 3 nitrogen and oxygen atoms in total. The van der Waals surface area contributed by atoms with Crippen LogP contribution >= 0.6 is 0 Å². The van der Waals surface area contributed by atoms with E-state index in [1.165, 1.54) is 0 Å². The first-order valence-corrected chi connectivity index (χ1v) is 6.63. The number of anilines is 1. The lowest BCUT2D eigenvalue weighted by Crippen LogP contribution is -2.20. The maximum absolute atomic E-state index is 13.4. The predicted molar refractivity (Wildman–Crippen MR) is 75.9 cm³/mol. The van der Waals surface area contributed by atoms with Gasteiger partial charge in [0.25, 0.3) is 0 Å². The summed E-state index contributed by atoms with van der Waals surface area (Å²) < 4.78 is 44.3. The fourth-order valence-corrected chi connectivity index (χ4v) is 1.81. The minimum Gasteiger partial charge on any atom is -0.371 e. The summed E-state index contributed by atoms with van der Waals surface area (Å²) in [4.78, 5) is 11.6. The molecule has 0 aliphatic rings. The molecule has 0 radical (unpaired) electrons. The molecule has 0 saturated carbocycles. The Balaban J connectivity index is 1.78. The fraction of sp³-hybridized carbons (Fsp3) is 0.188. The number of benzene rings is 2. The third-order valence-corrected chi connectivity index (χ3v) is 2.92. The molecule has 0 aliphatic heterocycles. The summed E-state index contributed by atoms with van der Waals surface area (Å²) in [7, 11) is 0. The van der Waals surface area contributed by atoms with Gasteiger partial charge in [-0.15, -0.1) is 0 Å². The third kappa shape index (κ3) is 4.33. The highest BCUT2D eigenvalue weighted by atomic mass is 19.2. The van der Waals surface area contributed by atoms with Crippen molar-refractivity contribution in [1.29, 1.82) is 0 Å². The average molecular weight is 309 g/mol. The van der Waals surface area contributed by atoms with Crippen LogP contribution in [0, 0.1) is 17.5 Å². The Hall–Kier alpha value is -2.34. The molecule has 22 heavy (non-hydrogen) atoms. The molecular formula is C16H14F3NO2. The summed E-state index contributed by atoms with van der Waals surface area (Å²) in [6, 6.07) is 11.2. The number of hydrogen-bond donors (Lipinski definition) is 1. The second-order valence-electron chi connectivity index (χ2n) is 4.56. The summed E-state index contributed by atoms with van der Waals surface area (Å²) >= 11 is 0. The van der Waals surface area contributed by atoms with E-state index in [1.807, 2.05) is 30.3 Å². The van der Waals surface area contributed by atoms with Gasteiger partial charge in [-0.25, -0.2) is 13.2 Å². The van der Waals surface area contributed by atoms with Gasteiger partial charge in [0.05, 0.1) is 12.3 Å². The summed E-state index contributed by atoms with van der Waals surface area (Å²) in [5.74, 6) is -5.01. The first-order valence-electron chi connectivity index (χ1n) is 6.63. The van der Waals surface area contributed by atoms with Crippen molar-refractivity contribution < 1.29 is 22.7 Å². The van der Waals surface area contributed by atoms with E-state index in [4.69, 9.17) is 4.74 Å². The van der Waals surface area contributed by atoms with Gasteiger partial charge in [-0.2, -0.15) is 0 Å². The lowest BCUT2D eigenvalue weighted by atomic mass is 10.2. The number of rotatable bonds is 6. The Labute approximate surface area is 125 Å². The van der Waals surface area contributed by atoms with Gasteiger partial charge in [-0.3, -0.25) is 4.79 Å². The largest absolute Gasteiger partial charge is 0.371 e. The van der Waals surface area contributed by atoms with Crippen LogP contribution in [0.2, 0.25) is 0 Å². The van der Waals surface area contributed by atoms with Crippen LogP contribution in [0.1, 0.15) is 5.56 Å². The maximum Gasteiger partial charge on any atom is 0.250 e. The number of nitrogens with one attached hydrogen (secondary N) is 1. The summed E-state index contributed by atoms with van der Waals surface area (Å²) in [6.45, 7) is 0.0168. The molecule has 6 heteroatoms. The molecular weight excluding hydrogens is 295 g/mol. The zero-order valence-electron chi connectivity index (χ0n) is 11.6. The van der Waals surface area contributed by atoms with Crippen LogP contribution in [0.5, 0.6) is 0 Å². The maximum atomic E-state index is 13.4. The minimum absolute atomic E-state index is 0.300. The summed E-state index contributed by atoms with van der Waals surface area (Å²) in [5.41, 5.74) is 0.644. The van der Waals surface area contributed by atoms with Crippen LogP contribution in [-0.2, 0) is 16.0 Å². The highest BCUT2D eigenvalue weighted by Gasteiger charge is 2.15. The van der Waals surface area contributed by atoms with Crippen LogP contribution < -0.4 is 5.32 Å². The molecule has 0 aliphatic carbocycles. The normalized spacial score (nSPS) is 10.5. The molecule has 0 atom stereocenters. The van der Waals surface area contributed by atoms with Crippen molar-refractivity contribution in [2.45, 2.75) is 6.42 Å². The average Bonchev–Trinajstić information content (AvgIpc) is 2.53. The van der Waals surface area contributed by atoms with Crippen molar-refractivity contribution in [3.8, 4) is 0 Å². The molecule has 0 spiro atoms. The minimum atomic E-state index is -1.62. The topological polar surface area (TPSA) is 38.3 Å². The number of halogens is 3. The van der Waals surface area contributed by atoms with Crippen molar-refractivity contribution in [3.05, 3.63) is 65.5 Å². The van der Waals surface area contributed by atoms with Gasteiger partial charge in [0.15, 0.2) is 17.5 Å². The molecule has 2 rings (SSSR count). The quantitative estimate of drug-likeness (QED) is 0.657. The zero-order chi connectivity index (χ0) is 15.9. The molecule has 0 aromatic heterocycles. The van der Waals surface area contributed by atoms with Crippen LogP contribution in [0.25, 0.3) is 0 Å². The number of hydrogen-bond acceptors (Lipinski definition) is 2. The lowest BCUT2D eigenvalue weighted by molar-refractivity contribution is -0.120. The summed E-state index contributed by atoms with van der Waals surface area (Å²) in [5, 5.41) is 2.13. The van der Waals surface area contributed by atoms with Gasteiger partial charge in [-0.05, 0) is 24.1 Å². The molecule has 1 amide bonds. The van der Waals surface area contributed by atoms with Crippen LogP contribution in [0.4, 0.5) is 18.9 Å². The van der Waals surface area contributed by atoms with E-state index in [0.717, 1.165) is 17.7 Å². The van der Waals surface area contributed by atoms with E-state index in [2.05, 4.69) is 5.32 Å². The van der Waals surface area contributed by atoms with E-state index in [1.54, 1.807) is 0 Å². The molecule has 1 N–H and O–H groups in total. The van der Waals surface area contributed by atoms with Crippen molar-refractivity contribution >= 4 is 11.6 Å². The molecule has 2 aromatic rings. The van der Waals surface area contributed by atoms with E-state index < -0.39 is 29.0 Å². The molecule has 0 fully saturated rings. The van der Waals surface area contributed by atoms with Crippen molar-refractivity contribution in [1.82, 2.24) is 0 Å². The number of amides is 1. The van der Waals surface area contributed by atoms with Gasteiger partial charge < -0.3 is 10.1 Å². The second kappa shape index (κ2) is 7.61. The van der Waals surface area contributed by atoms with Crippen LogP contribution in [0.15, 0.2) is 42.5 Å². The SMILES string of the molecule is O=C(COCCc1ccccc1)Nc1ccc(F)c(F)c1F. The Kier molecular flexibility index (Phi) is 5.55. The van der Waals surface area contributed by atoms with Crippen molar-refractivity contribution in [3.63, 3.8) is 0 Å². The van der Waals surface area contributed by atoms with Gasteiger partial charge in [0, 0.05) is 0 Å². The Morgan fingerprint density at radius 2 is 1.73 bits per heavy atom. The van der Waals surface area contributed by atoms with Gasteiger partial charge >= 0.3 is 0 Å². The molecule has 2 aromatic carbocycles. The summed E-state index contributed by atoms with van der Waals surface area (Å²) in [6.07, 6.45) is 0.633. The lowest BCUT2D eigenvalue weighted by Gasteiger charge is -2.08. The van der Waals surface area contributed by atoms with E-state index in [0.29, 0.717) is 13.0 Å². The Morgan fingerprint density at radius 1 is 1.00 bits per heavy atom. The third-order valence-electron chi connectivity index (χ3n) is 2.92. The first-order chi connectivity index (χ1) is 10.6. The van der Waals surface area contributed by atoms with E-state index in [9.17, 15) is 18.0 Å². The predicted octanol–water partition coefficient (Wildman–Crippen LogP) is 3.30. The smallest absolute Gasteiger partial charge is 0.250 e. The highest BCUT2D eigenvalue weighted by Crippen LogP contribution is 2.19. The van der Waals surface area contributed by atoms with Crippen molar-refractivity contribution in [2.24, 2.45) is 0 Å². The molecule has 0 bridgehead atoms. The van der Waals surface area contributed by atoms with Crippen LogP contribution in [0.3, 0.4) is 0 Å². The van der Waals surface area contributed by atoms with Crippen LogP contribution in [-0.4, -0.2) is 19.1 Å². The van der Waals surface area contributed by atoms with Crippen molar-refractivity contribution in [2.75, 3.05) is 18.5 Å². The molecule has 0 unspecified atom stereocenters. The van der Waals surface area contributed by atoms with E-state index >= 15 is 0 Å². The monoisotopic (exact) mass is 309 g/mol. The number of carbonyl (C=O) groups excluding carboxylic acids is 1. The second-order valence-corrected chi connectivity index (χ2v) is 4.56. The number of carbonyl (C=O) groups is 1.